The Bertz CT molecular complexity index is 699. The van der Waals surface area contributed by atoms with Crippen molar-refractivity contribution in [3.05, 3.63) is 59.2 Å². The number of nitriles is 1. The lowest BCUT2D eigenvalue weighted by molar-refractivity contribution is 0.0697. The van der Waals surface area contributed by atoms with Gasteiger partial charge < -0.3 is 5.11 Å². The van der Waals surface area contributed by atoms with Crippen LogP contribution in [-0.2, 0) is 0 Å². The van der Waals surface area contributed by atoms with Crippen molar-refractivity contribution in [1.82, 2.24) is 0 Å². The Morgan fingerprint density at radius 1 is 1.21 bits per heavy atom. The number of aldehydes is 1. The number of carbonyl (C=O) groups excluding carboxylic acids is 1. The van der Waals surface area contributed by atoms with Gasteiger partial charge >= 0.3 is 5.97 Å². The van der Waals surface area contributed by atoms with Crippen molar-refractivity contribution in [1.29, 1.82) is 5.26 Å². The fraction of sp³-hybridized carbons (Fsp3) is 0. The Morgan fingerprint density at radius 3 is 2.58 bits per heavy atom. The molecule has 0 bridgehead atoms. The average molecular weight is 251 g/mol. The van der Waals surface area contributed by atoms with Gasteiger partial charge in [0.1, 0.15) is 6.29 Å². The Balaban J connectivity index is 2.68. The molecule has 1 N–H and O–H groups in total. The first kappa shape index (κ1) is 12.5. The van der Waals surface area contributed by atoms with E-state index in [0.29, 0.717) is 23.0 Å². The number of hydrogen-bond donors (Lipinski definition) is 1. The summed E-state index contributed by atoms with van der Waals surface area (Å²) in [4.78, 5) is 21.9. The molecular weight excluding hydrogens is 242 g/mol. The Kier molecular flexibility index (Phi) is 3.39. The summed E-state index contributed by atoms with van der Waals surface area (Å²) in [5.41, 5.74) is 1.87. The molecule has 92 valence electrons. The lowest BCUT2D eigenvalue weighted by Crippen LogP contribution is -1.99. The molecule has 4 nitrogen and oxygen atoms in total. The van der Waals surface area contributed by atoms with Crippen LogP contribution >= 0.6 is 0 Å². The fourth-order valence-electron chi connectivity index (χ4n) is 1.83. The third-order valence-electron chi connectivity index (χ3n) is 2.70. The summed E-state index contributed by atoms with van der Waals surface area (Å²) < 4.78 is 0. The predicted molar refractivity (Wildman–Crippen MR) is 68.9 cm³/mol. The number of carbonyl (C=O) groups is 2. The highest BCUT2D eigenvalue weighted by Gasteiger charge is 2.10. The standard InChI is InChI=1S/C15H9NO3/c16-8-11-3-1-2-4-14(11)12-5-10(9-17)6-13(7-12)15(18)19/h1-7,9H,(H,18,19). The summed E-state index contributed by atoms with van der Waals surface area (Å²) in [6.45, 7) is 0. The highest BCUT2D eigenvalue weighted by molar-refractivity contribution is 5.93. The lowest BCUT2D eigenvalue weighted by Gasteiger charge is -2.06. The first-order valence-electron chi connectivity index (χ1n) is 5.49. The smallest absolute Gasteiger partial charge is 0.335 e. The van der Waals surface area contributed by atoms with Crippen LogP contribution in [-0.4, -0.2) is 17.4 Å². The molecule has 0 aliphatic heterocycles. The molecule has 0 unspecified atom stereocenters. The van der Waals surface area contributed by atoms with Crippen LogP contribution in [0, 0.1) is 11.3 Å². The van der Waals surface area contributed by atoms with Crippen molar-refractivity contribution < 1.29 is 14.7 Å². The molecule has 0 aromatic heterocycles. The number of carboxylic acid groups (broad SMARTS) is 1. The molecule has 19 heavy (non-hydrogen) atoms. The van der Waals surface area contributed by atoms with E-state index in [1.807, 2.05) is 6.07 Å². The Morgan fingerprint density at radius 2 is 1.95 bits per heavy atom. The van der Waals surface area contributed by atoms with Crippen molar-refractivity contribution in [3.63, 3.8) is 0 Å². The summed E-state index contributed by atoms with van der Waals surface area (Å²) in [5, 5.41) is 18.1. The van der Waals surface area contributed by atoms with E-state index in [9.17, 15) is 9.59 Å². The fourth-order valence-corrected chi connectivity index (χ4v) is 1.83. The highest BCUT2D eigenvalue weighted by atomic mass is 16.4. The van der Waals surface area contributed by atoms with Crippen molar-refractivity contribution in [2.75, 3.05) is 0 Å². The molecule has 2 rings (SSSR count). The molecule has 0 aliphatic carbocycles. The maximum absolute atomic E-state index is 11.0. The average Bonchev–Trinajstić information content (AvgIpc) is 2.46. The summed E-state index contributed by atoms with van der Waals surface area (Å²) in [6.07, 6.45) is 0.588. The van der Waals surface area contributed by atoms with Crippen LogP contribution in [0.4, 0.5) is 0 Å². The van der Waals surface area contributed by atoms with E-state index in [0.717, 1.165) is 0 Å². The van der Waals surface area contributed by atoms with E-state index < -0.39 is 5.97 Å². The minimum Gasteiger partial charge on any atom is -0.478 e. The molecular formula is C15H9NO3. The molecule has 2 aromatic carbocycles. The second-order valence-corrected chi connectivity index (χ2v) is 3.92. The van der Waals surface area contributed by atoms with Crippen LogP contribution in [0.5, 0.6) is 0 Å². The van der Waals surface area contributed by atoms with Crippen LogP contribution in [0.1, 0.15) is 26.3 Å². The van der Waals surface area contributed by atoms with E-state index >= 15 is 0 Å². The maximum atomic E-state index is 11.0. The van der Waals surface area contributed by atoms with Gasteiger partial charge in [0.15, 0.2) is 0 Å². The van der Waals surface area contributed by atoms with Gasteiger partial charge in [0.05, 0.1) is 17.2 Å². The van der Waals surface area contributed by atoms with Gasteiger partial charge in [-0.3, -0.25) is 4.79 Å². The molecule has 2 aromatic rings. The van der Waals surface area contributed by atoms with E-state index in [4.69, 9.17) is 10.4 Å². The number of carboxylic acids is 1. The lowest BCUT2D eigenvalue weighted by atomic mass is 9.97. The summed E-state index contributed by atoms with van der Waals surface area (Å²) >= 11 is 0. The molecule has 0 aliphatic rings. The van der Waals surface area contributed by atoms with E-state index in [2.05, 4.69) is 0 Å². The molecule has 0 spiro atoms. The van der Waals surface area contributed by atoms with Crippen molar-refractivity contribution in [2.24, 2.45) is 0 Å². The van der Waals surface area contributed by atoms with Crippen LogP contribution in [0.25, 0.3) is 11.1 Å². The second kappa shape index (κ2) is 5.15. The SMILES string of the molecule is N#Cc1ccccc1-c1cc(C=O)cc(C(=O)O)c1. The number of nitrogens with zero attached hydrogens (tertiary/aromatic N) is 1. The molecule has 0 atom stereocenters. The topological polar surface area (TPSA) is 78.2 Å². The second-order valence-electron chi connectivity index (χ2n) is 3.92. The molecule has 0 radical (unpaired) electrons. The normalized spacial score (nSPS) is 9.63. The first-order valence-corrected chi connectivity index (χ1v) is 5.49. The Labute approximate surface area is 109 Å². The zero-order valence-corrected chi connectivity index (χ0v) is 9.83. The van der Waals surface area contributed by atoms with Crippen molar-refractivity contribution >= 4 is 12.3 Å². The molecule has 0 saturated carbocycles. The largest absolute Gasteiger partial charge is 0.478 e. The van der Waals surface area contributed by atoms with Crippen LogP contribution in [0.3, 0.4) is 0 Å². The number of rotatable bonds is 3. The van der Waals surface area contributed by atoms with Crippen LogP contribution < -0.4 is 0 Å². The maximum Gasteiger partial charge on any atom is 0.335 e. The monoisotopic (exact) mass is 251 g/mol. The van der Waals surface area contributed by atoms with E-state index in [1.165, 1.54) is 12.1 Å². The molecule has 0 amide bonds. The van der Waals surface area contributed by atoms with Gasteiger partial charge in [-0.2, -0.15) is 5.26 Å². The summed E-state index contributed by atoms with van der Waals surface area (Å²) in [5.74, 6) is -1.11. The van der Waals surface area contributed by atoms with Crippen LogP contribution in [0.15, 0.2) is 42.5 Å². The number of hydrogen-bond acceptors (Lipinski definition) is 3. The number of aromatic carboxylic acids is 1. The Hall–Kier alpha value is -2.93. The minimum atomic E-state index is -1.11. The summed E-state index contributed by atoms with van der Waals surface area (Å²) in [7, 11) is 0. The quantitative estimate of drug-likeness (QED) is 0.851. The molecule has 4 heteroatoms. The highest BCUT2D eigenvalue weighted by Crippen LogP contribution is 2.25. The van der Waals surface area contributed by atoms with Gasteiger partial charge in [0.2, 0.25) is 0 Å². The van der Waals surface area contributed by atoms with Crippen molar-refractivity contribution in [3.8, 4) is 17.2 Å². The first-order chi connectivity index (χ1) is 9.15. The summed E-state index contributed by atoms with van der Waals surface area (Å²) in [6, 6.07) is 13.2. The zero-order valence-electron chi connectivity index (χ0n) is 9.83. The molecule has 0 saturated heterocycles. The van der Waals surface area contributed by atoms with Gasteiger partial charge in [0, 0.05) is 5.56 Å². The number of benzene rings is 2. The van der Waals surface area contributed by atoms with Crippen LogP contribution in [0.2, 0.25) is 0 Å². The predicted octanol–water partition coefficient (Wildman–Crippen LogP) is 2.74. The van der Waals surface area contributed by atoms with Gasteiger partial charge in [0.25, 0.3) is 0 Å². The minimum absolute atomic E-state index is 0.0207. The molecule has 0 fully saturated rings. The zero-order chi connectivity index (χ0) is 13.8. The van der Waals surface area contributed by atoms with Gasteiger partial charge in [-0.05, 0) is 35.4 Å². The third kappa shape index (κ3) is 2.50. The van der Waals surface area contributed by atoms with Gasteiger partial charge in [-0.25, -0.2) is 4.79 Å². The van der Waals surface area contributed by atoms with E-state index in [1.54, 1.807) is 30.3 Å². The van der Waals surface area contributed by atoms with Gasteiger partial charge in [-0.15, -0.1) is 0 Å². The molecule has 0 heterocycles. The van der Waals surface area contributed by atoms with Gasteiger partial charge in [-0.1, -0.05) is 18.2 Å². The third-order valence-corrected chi connectivity index (χ3v) is 2.70. The van der Waals surface area contributed by atoms with Crippen molar-refractivity contribution in [2.45, 2.75) is 0 Å². The van der Waals surface area contributed by atoms with E-state index in [-0.39, 0.29) is 11.1 Å².